The molecule has 0 saturated carbocycles. The van der Waals surface area contributed by atoms with Crippen LogP contribution in [0.2, 0.25) is 5.02 Å². The summed E-state index contributed by atoms with van der Waals surface area (Å²) in [5, 5.41) is 12.2. The number of aromatic amines is 1. The quantitative estimate of drug-likeness (QED) is 0.301. The van der Waals surface area contributed by atoms with Crippen LogP contribution in [0.1, 0.15) is 80.7 Å². The monoisotopic (exact) mass is 550 g/mol. The summed E-state index contributed by atoms with van der Waals surface area (Å²) in [6.07, 6.45) is 4.53. The Labute approximate surface area is 235 Å². The van der Waals surface area contributed by atoms with E-state index in [9.17, 15) is 4.79 Å². The molecule has 0 atom stereocenters. The van der Waals surface area contributed by atoms with E-state index in [2.05, 4.69) is 25.2 Å². The number of H-pyrrole nitrogens is 1. The first kappa shape index (κ1) is 37.5. The third-order valence-electron chi connectivity index (χ3n) is 5.11. The lowest BCUT2D eigenvalue weighted by atomic mass is 9.87. The lowest BCUT2D eigenvalue weighted by Gasteiger charge is -2.38. The van der Waals surface area contributed by atoms with Crippen molar-refractivity contribution in [2.75, 3.05) is 24.6 Å². The predicted molar refractivity (Wildman–Crippen MR) is 164 cm³/mol. The van der Waals surface area contributed by atoms with E-state index in [4.69, 9.17) is 22.4 Å². The number of aliphatic hydroxyl groups is 1. The lowest BCUT2D eigenvalue weighted by molar-refractivity contribution is -0.127. The van der Waals surface area contributed by atoms with Gasteiger partial charge in [0, 0.05) is 37.5 Å². The maximum Gasteiger partial charge on any atom is 0.240 e. The minimum Gasteiger partial charge on any atom is -0.397 e. The fourth-order valence-corrected chi connectivity index (χ4v) is 3.54. The Bertz CT molecular complexity index is 971. The molecule has 1 aromatic carbocycles. The molecule has 5 N–H and O–H groups in total. The van der Waals surface area contributed by atoms with Gasteiger partial charge in [0.2, 0.25) is 5.91 Å². The summed E-state index contributed by atoms with van der Waals surface area (Å²) < 4.78 is 0. The summed E-state index contributed by atoms with van der Waals surface area (Å²) in [6, 6.07) is 9.37. The minimum atomic E-state index is -0.868. The number of nitrogens with zero attached hydrogens (tertiary/aromatic N) is 3. The summed E-state index contributed by atoms with van der Waals surface area (Å²) in [4.78, 5) is 26.6. The average Bonchev–Trinajstić information content (AvgIpc) is 3.47. The largest absolute Gasteiger partial charge is 0.397 e. The van der Waals surface area contributed by atoms with Crippen molar-refractivity contribution in [2.45, 2.75) is 87.2 Å². The van der Waals surface area contributed by atoms with Gasteiger partial charge in [-0.3, -0.25) is 4.79 Å². The fraction of sp³-hybridized carbons (Fsp3) is 0.552. The maximum absolute atomic E-state index is 12.7. The Morgan fingerprint density at radius 2 is 1.55 bits per heavy atom. The number of rotatable bonds is 4. The Morgan fingerprint density at radius 1 is 1.03 bits per heavy atom. The van der Waals surface area contributed by atoms with Gasteiger partial charge < -0.3 is 26.0 Å². The van der Waals surface area contributed by atoms with Gasteiger partial charge >= 0.3 is 0 Å². The molecule has 1 amide bonds. The molecular weight excluding hydrogens is 500 g/mol. The molecule has 0 spiro atoms. The SMILES string of the molecule is CC.CC.CC.CC.CCO.NC1(C(=O)NCc2ccc(Cl)cc2)CCN(c2ncnc3[nH]ccc23)CC1. The number of piperidine rings is 1. The van der Waals surface area contributed by atoms with Crippen LogP contribution >= 0.6 is 11.6 Å². The van der Waals surface area contributed by atoms with Gasteiger partial charge in [-0.15, -0.1) is 0 Å². The van der Waals surface area contributed by atoms with Gasteiger partial charge in [-0.25, -0.2) is 9.97 Å². The summed E-state index contributed by atoms with van der Waals surface area (Å²) in [5.41, 5.74) is 7.36. The maximum atomic E-state index is 12.7. The second kappa shape index (κ2) is 22.3. The second-order valence-corrected chi connectivity index (χ2v) is 7.64. The smallest absolute Gasteiger partial charge is 0.240 e. The number of nitrogens with one attached hydrogen (secondary N) is 2. The molecule has 9 heteroatoms. The molecule has 1 saturated heterocycles. The topological polar surface area (TPSA) is 120 Å². The van der Waals surface area contributed by atoms with Gasteiger partial charge in [-0.05, 0) is 43.5 Å². The van der Waals surface area contributed by atoms with Gasteiger partial charge in [0.25, 0.3) is 0 Å². The highest BCUT2D eigenvalue weighted by atomic mass is 35.5. The Kier molecular flexibility index (Phi) is 22.0. The van der Waals surface area contributed by atoms with E-state index in [1.165, 1.54) is 0 Å². The van der Waals surface area contributed by atoms with Crippen LogP contribution in [-0.4, -0.2) is 51.2 Å². The van der Waals surface area contributed by atoms with Crippen molar-refractivity contribution in [3.8, 4) is 0 Å². The lowest BCUT2D eigenvalue weighted by Crippen LogP contribution is -2.59. The number of hydrogen-bond donors (Lipinski definition) is 4. The van der Waals surface area contributed by atoms with Crippen molar-refractivity contribution in [3.05, 3.63) is 53.4 Å². The number of halogens is 1. The van der Waals surface area contributed by atoms with Gasteiger partial charge in [0.1, 0.15) is 17.8 Å². The second-order valence-electron chi connectivity index (χ2n) is 7.21. The molecule has 38 heavy (non-hydrogen) atoms. The van der Waals surface area contributed by atoms with E-state index >= 15 is 0 Å². The van der Waals surface area contributed by atoms with Crippen molar-refractivity contribution in [2.24, 2.45) is 5.73 Å². The fourth-order valence-electron chi connectivity index (χ4n) is 3.42. The van der Waals surface area contributed by atoms with Crippen molar-refractivity contribution < 1.29 is 9.90 Å². The summed E-state index contributed by atoms with van der Waals surface area (Å²) in [5.74, 6) is 0.761. The molecular formula is C29H51ClN6O2. The number of carbonyl (C=O) groups is 1. The normalized spacial score (nSPS) is 12.8. The van der Waals surface area contributed by atoms with Gasteiger partial charge in [0.05, 0.1) is 10.9 Å². The number of aromatic nitrogens is 3. The van der Waals surface area contributed by atoms with Crippen LogP contribution < -0.4 is 16.0 Å². The number of fused-ring (bicyclic) bond motifs is 1. The molecule has 2 aromatic heterocycles. The molecule has 216 valence electrons. The molecule has 0 unspecified atom stereocenters. The van der Waals surface area contributed by atoms with Crippen molar-refractivity contribution in [1.29, 1.82) is 0 Å². The van der Waals surface area contributed by atoms with Crippen LogP contribution in [0.3, 0.4) is 0 Å². The highest BCUT2D eigenvalue weighted by molar-refractivity contribution is 6.30. The third kappa shape index (κ3) is 11.8. The zero-order valence-corrected chi connectivity index (χ0v) is 25.7. The zero-order chi connectivity index (χ0) is 29.6. The first-order chi connectivity index (χ1) is 18.5. The van der Waals surface area contributed by atoms with Crippen molar-refractivity contribution >= 4 is 34.4 Å². The molecule has 0 bridgehead atoms. The van der Waals surface area contributed by atoms with E-state index in [1.807, 2.05) is 91.9 Å². The molecule has 3 aromatic rings. The number of carbonyl (C=O) groups excluding carboxylic acids is 1. The Morgan fingerprint density at radius 3 is 2.08 bits per heavy atom. The van der Waals surface area contributed by atoms with Gasteiger partial charge in [-0.1, -0.05) is 79.1 Å². The predicted octanol–water partition coefficient (Wildman–Crippen LogP) is 6.33. The summed E-state index contributed by atoms with van der Waals surface area (Å²) in [7, 11) is 0. The van der Waals surface area contributed by atoms with E-state index in [1.54, 1.807) is 13.3 Å². The van der Waals surface area contributed by atoms with Crippen LogP contribution in [0.15, 0.2) is 42.9 Å². The molecule has 0 radical (unpaired) electrons. The molecule has 4 rings (SSSR count). The van der Waals surface area contributed by atoms with E-state index in [0.717, 1.165) is 22.4 Å². The van der Waals surface area contributed by atoms with Crippen LogP contribution in [0, 0.1) is 0 Å². The average molecular weight is 551 g/mol. The van der Waals surface area contributed by atoms with Crippen LogP contribution in [0.25, 0.3) is 11.0 Å². The number of benzene rings is 1. The van der Waals surface area contributed by atoms with Crippen LogP contribution in [0.5, 0.6) is 0 Å². The minimum absolute atomic E-state index is 0.119. The zero-order valence-electron chi connectivity index (χ0n) is 24.9. The van der Waals surface area contributed by atoms with E-state index < -0.39 is 5.54 Å². The van der Waals surface area contributed by atoms with E-state index in [-0.39, 0.29) is 12.5 Å². The molecule has 1 aliphatic rings. The highest BCUT2D eigenvalue weighted by Gasteiger charge is 2.38. The van der Waals surface area contributed by atoms with Crippen LogP contribution in [-0.2, 0) is 11.3 Å². The summed E-state index contributed by atoms with van der Waals surface area (Å²) in [6.45, 7) is 19.7. The Hall–Kier alpha value is -2.68. The molecule has 1 fully saturated rings. The van der Waals surface area contributed by atoms with Crippen molar-refractivity contribution in [3.63, 3.8) is 0 Å². The van der Waals surface area contributed by atoms with Crippen LogP contribution in [0.4, 0.5) is 5.82 Å². The third-order valence-corrected chi connectivity index (χ3v) is 5.36. The first-order valence-corrected chi connectivity index (χ1v) is 14.3. The number of hydrogen-bond acceptors (Lipinski definition) is 6. The number of anilines is 1. The summed E-state index contributed by atoms with van der Waals surface area (Å²) >= 11 is 5.89. The van der Waals surface area contributed by atoms with Gasteiger partial charge in [0.15, 0.2) is 0 Å². The van der Waals surface area contributed by atoms with Crippen molar-refractivity contribution in [1.82, 2.24) is 20.3 Å². The molecule has 1 aliphatic heterocycles. The number of amides is 1. The van der Waals surface area contributed by atoms with Gasteiger partial charge in [-0.2, -0.15) is 0 Å². The Balaban J connectivity index is 0. The molecule has 3 heterocycles. The first-order valence-electron chi connectivity index (χ1n) is 13.9. The standard InChI is InChI=1S/C19H21ClN6O.C2H6O.4C2H6/c20-14-3-1-13(2-4-14)11-23-18(27)19(21)6-9-26(10-7-19)17-15-5-8-22-16(15)24-12-25-17;1-2-3;4*1-2/h1-5,8,12H,6-7,9-11,21H2,(H,23,27)(H,22,24,25);3H,2H2,1H3;4*1-2H3. The molecule has 8 nitrogen and oxygen atoms in total. The highest BCUT2D eigenvalue weighted by Crippen LogP contribution is 2.28. The molecule has 0 aliphatic carbocycles. The number of aliphatic hydroxyl groups excluding tert-OH is 1. The number of nitrogens with two attached hydrogens (primary N) is 1. The van der Waals surface area contributed by atoms with E-state index in [0.29, 0.717) is 37.5 Å².